The van der Waals surface area contributed by atoms with Gasteiger partial charge >= 0.3 is 5.97 Å². The maximum Gasteiger partial charge on any atom is 0.337 e. The van der Waals surface area contributed by atoms with Crippen molar-refractivity contribution in [2.45, 2.75) is 6.92 Å². The molecule has 0 fully saturated rings. The van der Waals surface area contributed by atoms with E-state index in [-0.39, 0.29) is 16.8 Å². The number of hydrogen-bond acceptors (Lipinski definition) is 3. The lowest BCUT2D eigenvalue weighted by molar-refractivity contribution is -0.120. The predicted octanol–water partition coefficient (Wildman–Crippen LogP) is 1.34. The zero-order chi connectivity index (χ0) is 13.4. The van der Waals surface area contributed by atoms with Crippen molar-refractivity contribution >= 4 is 23.5 Å². The number of carbonyl (C=O) groups excluding carboxylic acids is 2. The van der Waals surface area contributed by atoms with Crippen LogP contribution in [0.1, 0.15) is 17.3 Å². The molecule has 0 unspecified atom stereocenters. The Hall–Kier alpha value is -2.50. The minimum atomic E-state index is -1.34. The molecule has 1 aromatic carbocycles. The van der Waals surface area contributed by atoms with Gasteiger partial charge in [0.25, 0.3) is 11.8 Å². The molecule has 92 valence electrons. The Bertz CT molecular complexity index is 606. The molecule has 6 heteroatoms. The van der Waals surface area contributed by atoms with E-state index in [9.17, 15) is 18.8 Å². The van der Waals surface area contributed by atoms with Crippen molar-refractivity contribution in [2.75, 3.05) is 4.90 Å². The highest BCUT2D eigenvalue weighted by Gasteiger charge is 2.32. The van der Waals surface area contributed by atoms with E-state index in [1.165, 1.54) is 6.92 Å². The molecule has 2 rings (SSSR count). The molecule has 1 aliphatic heterocycles. The van der Waals surface area contributed by atoms with Crippen molar-refractivity contribution in [1.82, 2.24) is 0 Å². The van der Waals surface area contributed by atoms with E-state index < -0.39 is 23.6 Å². The Labute approximate surface area is 101 Å². The van der Waals surface area contributed by atoms with Gasteiger partial charge in [-0.3, -0.25) is 9.59 Å². The zero-order valence-electron chi connectivity index (χ0n) is 9.31. The van der Waals surface area contributed by atoms with Gasteiger partial charge in [-0.05, 0) is 25.1 Å². The van der Waals surface area contributed by atoms with Crippen LogP contribution in [0.15, 0.2) is 29.8 Å². The quantitative estimate of drug-likeness (QED) is 0.802. The third-order valence-corrected chi connectivity index (χ3v) is 2.53. The lowest BCUT2D eigenvalue weighted by atomic mass is 10.1. The molecule has 0 atom stereocenters. The molecule has 0 aliphatic carbocycles. The number of carboxylic acid groups (broad SMARTS) is 1. The summed E-state index contributed by atoms with van der Waals surface area (Å²) in [4.78, 5) is 35.0. The second kappa shape index (κ2) is 4.06. The lowest BCUT2D eigenvalue weighted by Crippen LogP contribution is -2.32. The van der Waals surface area contributed by atoms with Crippen LogP contribution in [0.2, 0.25) is 0 Å². The molecule has 1 heterocycles. The van der Waals surface area contributed by atoms with E-state index in [1.807, 2.05) is 0 Å². The van der Waals surface area contributed by atoms with Crippen molar-refractivity contribution in [3.63, 3.8) is 0 Å². The number of amides is 2. The maximum atomic E-state index is 13.2. The smallest absolute Gasteiger partial charge is 0.337 e. The molecule has 1 aromatic rings. The summed E-state index contributed by atoms with van der Waals surface area (Å²) in [6, 6.07) is 2.82. The minimum Gasteiger partial charge on any atom is -0.478 e. The summed E-state index contributed by atoms with van der Waals surface area (Å²) in [5.74, 6) is -3.38. The predicted molar refractivity (Wildman–Crippen MR) is 59.6 cm³/mol. The first kappa shape index (κ1) is 12.0. The normalized spacial score (nSPS) is 15.0. The molecule has 0 bridgehead atoms. The van der Waals surface area contributed by atoms with E-state index >= 15 is 0 Å². The summed E-state index contributed by atoms with van der Waals surface area (Å²) in [5.41, 5.74) is -0.382. The number of carbonyl (C=O) groups is 3. The van der Waals surface area contributed by atoms with Gasteiger partial charge in [0.2, 0.25) is 0 Å². The molecule has 0 saturated heterocycles. The Morgan fingerprint density at radius 2 is 2.00 bits per heavy atom. The van der Waals surface area contributed by atoms with Crippen molar-refractivity contribution in [3.8, 4) is 0 Å². The van der Waals surface area contributed by atoms with E-state index in [4.69, 9.17) is 5.11 Å². The number of halogens is 1. The van der Waals surface area contributed by atoms with Crippen LogP contribution in [0, 0.1) is 5.82 Å². The number of imide groups is 1. The highest BCUT2D eigenvalue weighted by molar-refractivity contribution is 6.31. The van der Waals surface area contributed by atoms with E-state index in [0.717, 1.165) is 24.3 Å². The molecule has 0 saturated carbocycles. The SMILES string of the molecule is CC1=CC(=O)N(c2cc(F)ccc2C(=O)O)C1=O. The summed E-state index contributed by atoms with van der Waals surface area (Å²) in [6.45, 7) is 1.43. The molecule has 5 nitrogen and oxygen atoms in total. The van der Waals surface area contributed by atoms with Crippen LogP contribution in [0.25, 0.3) is 0 Å². The first-order chi connectivity index (χ1) is 8.41. The van der Waals surface area contributed by atoms with Gasteiger partial charge in [-0.2, -0.15) is 0 Å². The van der Waals surface area contributed by atoms with Gasteiger partial charge in [0, 0.05) is 11.6 Å². The standard InChI is InChI=1S/C12H8FNO4/c1-6-4-10(15)14(11(6)16)9-5-7(13)2-3-8(9)12(17)18/h2-5H,1H3,(H,17,18). The van der Waals surface area contributed by atoms with Gasteiger partial charge in [-0.1, -0.05) is 0 Å². The van der Waals surface area contributed by atoms with Crippen LogP contribution < -0.4 is 4.90 Å². The molecule has 0 aromatic heterocycles. The topological polar surface area (TPSA) is 74.7 Å². The summed E-state index contributed by atoms with van der Waals surface area (Å²) in [7, 11) is 0. The average Bonchev–Trinajstić information content (AvgIpc) is 2.52. The number of benzene rings is 1. The molecular formula is C12H8FNO4. The lowest BCUT2D eigenvalue weighted by Gasteiger charge is -2.16. The van der Waals surface area contributed by atoms with Gasteiger partial charge in [0.1, 0.15) is 5.82 Å². The molecule has 0 spiro atoms. The van der Waals surface area contributed by atoms with Crippen LogP contribution in [-0.4, -0.2) is 22.9 Å². The first-order valence-corrected chi connectivity index (χ1v) is 5.01. The van der Waals surface area contributed by atoms with Crippen molar-refractivity contribution < 1.29 is 23.9 Å². The van der Waals surface area contributed by atoms with E-state index in [1.54, 1.807) is 0 Å². The summed E-state index contributed by atoms with van der Waals surface area (Å²) >= 11 is 0. The van der Waals surface area contributed by atoms with Crippen LogP contribution in [0.4, 0.5) is 10.1 Å². The number of hydrogen-bond donors (Lipinski definition) is 1. The van der Waals surface area contributed by atoms with Gasteiger partial charge < -0.3 is 5.11 Å². The molecule has 2 amide bonds. The Morgan fingerprint density at radius 3 is 2.50 bits per heavy atom. The monoisotopic (exact) mass is 249 g/mol. The molecule has 1 aliphatic rings. The number of nitrogens with zero attached hydrogens (tertiary/aromatic N) is 1. The van der Waals surface area contributed by atoms with Gasteiger partial charge in [0.15, 0.2) is 0 Å². The van der Waals surface area contributed by atoms with Gasteiger partial charge in [-0.25, -0.2) is 14.1 Å². The van der Waals surface area contributed by atoms with Gasteiger partial charge in [0.05, 0.1) is 11.3 Å². The molecule has 1 N–H and O–H groups in total. The van der Waals surface area contributed by atoms with Crippen molar-refractivity contribution in [1.29, 1.82) is 0 Å². The summed E-state index contributed by atoms with van der Waals surface area (Å²) < 4.78 is 13.2. The number of rotatable bonds is 2. The fourth-order valence-corrected chi connectivity index (χ4v) is 1.69. The van der Waals surface area contributed by atoms with Crippen LogP contribution >= 0.6 is 0 Å². The van der Waals surface area contributed by atoms with Crippen LogP contribution in [0.5, 0.6) is 0 Å². The third kappa shape index (κ3) is 1.77. The van der Waals surface area contributed by atoms with Crippen LogP contribution in [-0.2, 0) is 9.59 Å². The largest absolute Gasteiger partial charge is 0.478 e. The number of carboxylic acids is 1. The summed E-state index contributed by atoms with van der Waals surface area (Å²) in [6.07, 6.45) is 1.08. The Kier molecular flexibility index (Phi) is 2.70. The first-order valence-electron chi connectivity index (χ1n) is 5.01. The highest BCUT2D eigenvalue weighted by Crippen LogP contribution is 2.27. The third-order valence-electron chi connectivity index (χ3n) is 2.53. The van der Waals surface area contributed by atoms with Crippen LogP contribution in [0.3, 0.4) is 0 Å². The molecular weight excluding hydrogens is 241 g/mol. The van der Waals surface area contributed by atoms with Gasteiger partial charge in [-0.15, -0.1) is 0 Å². The maximum absolute atomic E-state index is 13.2. The fraction of sp³-hybridized carbons (Fsp3) is 0.0833. The average molecular weight is 249 g/mol. The second-order valence-electron chi connectivity index (χ2n) is 3.77. The van der Waals surface area contributed by atoms with Crippen molar-refractivity contribution in [3.05, 3.63) is 41.2 Å². The van der Waals surface area contributed by atoms with Crippen molar-refractivity contribution in [2.24, 2.45) is 0 Å². The van der Waals surface area contributed by atoms with E-state index in [2.05, 4.69) is 0 Å². The Morgan fingerprint density at radius 1 is 1.33 bits per heavy atom. The minimum absolute atomic E-state index is 0.181. The number of aromatic carboxylic acids is 1. The number of anilines is 1. The summed E-state index contributed by atoms with van der Waals surface area (Å²) in [5, 5.41) is 8.97. The zero-order valence-corrected chi connectivity index (χ0v) is 9.31. The molecule has 18 heavy (non-hydrogen) atoms. The Balaban J connectivity index is 2.58. The highest BCUT2D eigenvalue weighted by atomic mass is 19.1. The van der Waals surface area contributed by atoms with E-state index in [0.29, 0.717) is 4.90 Å². The second-order valence-corrected chi connectivity index (χ2v) is 3.77. The fourth-order valence-electron chi connectivity index (χ4n) is 1.69. The molecule has 0 radical (unpaired) electrons.